The summed E-state index contributed by atoms with van der Waals surface area (Å²) in [5.41, 5.74) is 0.858. The van der Waals surface area contributed by atoms with Crippen molar-refractivity contribution in [2.24, 2.45) is 0 Å². The van der Waals surface area contributed by atoms with Gasteiger partial charge in [0.05, 0.1) is 17.8 Å². The molecule has 0 spiro atoms. The molecule has 2 aromatic heterocycles. The van der Waals surface area contributed by atoms with Gasteiger partial charge in [-0.05, 0) is 37.6 Å². The number of β-amino-alcohol motifs (C(OH)–C–C–N with tert-alkyl or cyclic N) is 1. The molecular formula is C20H26N4O3. The third-order valence-corrected chi connectivity index (χ3v) is 5.63. The fraction of sp³-hybridized carbons (Fsp3) is 0.550. The van der Waals surface area contributed by atoms with Crippen LogP contribution in [0.4, 0.5) is 0 Å². The Kier molecular flexibility index (Phi) is 5.33. The lowest BCUT2D eigenvalue weighted by Crippen LogP contribution is -2.49. The van der Waals surface area contributed by atoms with Crippen molar-refractivity contribution < 1.29 is 9.84 Å². The number of pyridine rings is 1. The molecule has 1 unspecified atom stereocenters. The fourth-order valence-corrected chi connectivity index (χ4v) is 4.05. The summed E-state index contributed by atoms with van der Waals surface area (Å²) in [5, 5.41) is 15.4. The van der Waals surface area contributed by atoms with E-state index in [1.54, 1.807) is 29.2 Å². The van der Waals surface area contributed by atoms with E-state index >= 15 is 0 Å². The summed E-state index contributed by atoms with van der Waals surface area (Å²) in [6.45, 7) is 3.36. The van der Waals surface area contributed by atoms with Crippen LogP contribution in [0, 0.1) is 0 Å². The summed E-state index contributed by atoms with van der Waals surface area (Å²) in [6.07, 6.45) is 6.90. The second-order valence-corrected chi connectivity index (χ2v) is 7.58. The Labute approximate surface area is 158 Å². The van der Waals surface area contributed by atoms with E-state index in [0.29, 0.717) is 39.1 Å². The molecule has 27 heavy (non-hydrogen) atoms. The molecule has 0 aliphatic carbocycles. The van der Waals surface area contributed by atoms with Crippen molar-refractivity contribution in [2.45, 2.75) is 43.9 Å². The highest BCUT2D eigenvalue weighted by Crippen LogP contribution is 2.27. The van der Waals surface area contributed by atoms with E-state index in [0.717, 1.165) is 30.6 Å². The van der Waals surface area contributed by atoms with E-state index in [1.165, 1.54) is 0 Å². The van der Waals surface area contributed by atoms with Crippen LogP contribution in [0.3, 0.4) is 0 Å². The van der Waals surface area contributed by atoms with Crippen LogP contribution in [0.5, 0.6) is 0 Å². The van der Waals surface area contributed by atoms with Crippen molar-refractivity contribution in [3.63, 3.8) is 0 Å². The van der Waals surface area contributed by atoms with Gasteiger partial charge >= 0.3 is 0 Å². The van der Waals surface area contributed by atoms with E-state index in [4.69, 9.17) is 4.74 Å². The minimum absolute atomic E-state index is 0.0979. The molecule has 7 nitrogen and oxygen atoms in total. The highest BCUT2D eigenvalue weighted by molar-refractivity contribution is 5.56. The number of hydrogen-bond donors (Lipinski definition) is 1. The van der Waals surface area contributed by atoms with Crippen LogP contribution in [-0.4, -0.2) is 62.7 Å². The van der Waals surface area contributed by atoms with E-state index in [9.17, 15) is 9.90 Å². The number of aromatic nitrogens is 3. The standard InChI is InChI=1S/C20H26N4O3/c25-19-6-5-18(16-3-1-9-21-13-16)22-24(19)14-17-4-2-10-23(17)15-20(26)7-11-27-12-8-20/h1,3,5-6,9,13,17,26H,2,4,7-8,10-12,14-15H2. The molecule has 2 aliphatic heterocycles. The summed E-state index contributed by atoms with van der Waals surface area (Å²) < 4.78 is 6.94. The second kappa shape index (κ2) is 7.88. The monoisotopic (exact) mass is 370 g/mol. The third-order valence-electron chi connectivity index (χ3n) is 5.63. The zero-order valence-electron chi connectivity index (χ0n) is 15.5. The number of rotatable bonds is 5. The zero-order chi connectivity index (χ0) is 18.7. The molecular weight excluding hydrogens is 344 g/mol. The van der Waals surface area contributed by atoms with Crippen LogP contribution >= 0.6 is 0 Å². The highest BCUT2D eigenvalue weighted by atomic mass is 16.5. The van der Waals surface area contributed by atoms with Gasteiger partial charge < -0.3 is 9.84 Å². The number of likely N-dealkylation sites (tertiary alicyclic amines) is 1. The average Bonchev–Trinajstić information content (AvgIpc) is 3.11. The second-order valence-electron chi connectivity index (χ2n) is 7.58. The van der Waals surface area contributed by atoms with Crippen LogP contribution in [0.25, 0.3) is 11.3 Å². The Bertz CT molecular complexity index is 817. The Balaban J connectivity index is 1.50. The van der Waals surface area contributed by atoms with Crippen LogP contribution in [-0.2, 0) is 11.3 Å². The van der Waals surface area contributed by atoms with Gasteiger partial charge in [-0.1, -0.05) is 0 Å². The molecule has 1 N–H and O–H groups in total. The van der Waals surface area contributed by atoms with E-state index in [1.807, 2.05) is 12.1 Å². The van der Waals surface area contributed by atoms with E-state index < -0.39 is 5.60 Å². The van der Waals surface area contributed by atoms with Crippen molar-refractivity contribution in [1.82, 2.24) is 19.7 Å². The maximum absolute atomic E-state index is 12.4. The Morgan fingerprint density at radius 3 is 2.89 bits per heavy atom. The minimum atomic E-state index is -0.684. The van der Waals surface area contributed by atoms with Gasteiger partial charge in [0, 0.05) is 62.7 Å². The lowest BCUT2D eigenvalue weighted by Gasteiger charge is -2.37. The first-order chi connectivity index (χ1) is 13.1. The first kappa shape index (κ1) is 18.3. The van der Waals surface area contributed by atoms with Gasteiger partial charge in [0.1, 0.15) is 0 Å². The van der Waals surface area contributed by atoms with Crippen molar-refractivity contribution in [2.75, 3.05) is 26.3 Å². The first-order valence-corrected chi connectivity index (χ1v) is 9.66. The number of ether oxygens (including phenoxy) is 1. The highest BCUT2D eigenvalue weighted by Gasteiger charge is 2.36. The van der Waals surface area contributed by atoms with Gasteiger partial charge in [-0.3, -0.25) is 14.7 Å². The minimum Gasteiger partial charge on any atom is -0.388 e. The molecule has 0 bridgehead atoms. The lowest BCUT2D eigenvalue weighted by molar-refractivity contribution is -0.0821. The van der Waals surface area contributed by atoms with Gasteiger partial charge in [0.25, 0.3) is 5.56 Å². The van der Waals surface area contributed by atoms with E-state index in [-0.39, 0.29) is 11.6 Å². The van der Waals surface area contributed by atoms with Gasteiger partial charge in [-0.15, -0.1) is 0 Å². The van der Waals surface area contributed by atoms with Crippen LogP contribution in [0.15, 0.2) is 41.5 Å². The van der Waals surface area contributed by atoms with Crippen LogP contribution in [0.2, 0.25) is 0 Å². The summed E-state index contributed by atoms with van der Waals surface area (Å²) in [6, 6.07) is 7.33. The topological polar surface area (TPSA) is 80.5 Å². The quantitative estimate of drug-likeness (QED) is 0.855. The lowest BCUT2D eigenvalue weighted by atomic mass is 9.93. The number of hydrogen-bond acceptors (Lipinski definition) is 6. The molecule has 2 fully saturated rings. The molecule has 4 heterocycles. The van der Waals surface area contributed by atoms with Crippen molar-refractivity contribution in [3.05, 3.63) is 47.0 Å². The average molecular weight is 370 g/mol. The molecule has 0 radical (unpaired) electrons. The molecule has 0 saturated carbocycles. The van der Waals surface area contributed by atoms with Crippen molar-refractivity contribution in [3.8, 4) is 11.3 Å². The molecule has 0 aromatic carbocycles. The van der Waals surface area contributed by atoms with Crippen molar-refractivity contribution in [1.29, 1.82) is 0 Å². The van der Waals surface area contributed by atoms with E-state index in [2.05, 4.69) is 15.0 Å². The number of nitrogens with zero attached hydrogens (tertiary/aromatic N) is 4. The molecule has 1 atom stereocenters. The SMILES string of the molecule is O=c1ccc(-c2cccnc2)nn1CC1CCCN1CC1(O)CCOCC1. The molecule has 2 aromatic rings. The molecule has 0 amide bonds. The Morgan fingerprint density at radius 2 is 2.11 bits per heavy atom. The van der Waals surface area contributed by atoms with Crippen LogP contribution < -0.4 is 5.56 Å². The predicted octanol–water partition coefficient (Wildman–Crippen LogP) is 1.31. The Morgan fingerprint density at radius 1 is 1.26 bits per heavy atom. The molecule has 4 rings (SSSR count). The van der Waals surface area contributed by atoms with Crippen LogP contribution in [0.1, 0.15) is 25.7 Å². The summed E-state index contributed by atoms with van der Waals surface area (Å²) in [5.74, 6) is 0. The summed E-state index contributed by atoms with van der Waals surface area (Å²) >= 11 is 0. The normalized spacial score (nSPS) is 22.8. The van der Waals surface area contributed by atoms with Crippen molar-refractivity contribution >= 4 is 0 Å². The predicted molar refractivity (Wildman–Crippen MR) is 101 cm³/mol. The summed E-state index contributed by atoms with van der Waals surface area (Å²) in [4.78, 5) is 18.8. The van der Waals surface area contributed by atoms with Gasteiger partial charge in [-0.25, -0.2) is 4.68 Å². The smallest absolute Gasteiger partial charge is 0.266 e. The van der Waals surface area contributed by atoms with Gasteiger partial charge in [0.2, 0.25) is 0 Å². The zero-order valence-corrected chi connectivity index (χ0v) is 15.5. The molecule has 2 aliphatic rings. The molecule has 7 heteroatoms. The van der Waals surface area contributed by atoms with Gasteiger partial charge in [-0.2, -0.15) is 5.10 Å². The number of aliphatic hydroxyl groups is 1. The van der Waals surface area contributed by atoms with Gasteiger partial charge in [0.15, 0.2) is 0 Å². The summed E-state index contributed by atoms with van der Waals surface area (Å²) in [7, 11) is 0. The molecule has 2 saturated heterocycles. The maximum atomic E-state index is 12.4. The molecule has 144 valence electrons. The largest absolute Gasteiger partial charge is 0.388 e. The fourth-order valence-electron chi connectivity index (χ4n) is 4.05. The Hall–Kier alpha value is -2.09. The third kappa shape index (κ3) is 4.26. The first-order valence-electron chi connectivity index (χ1n) is 9.66. The maximum Gasteiger partial charge on any atom is 0.266 e.